The van der Waals surface area contributed by atoms with E-state index in [1.807, 2.05) is 30.7 Å². The molecule has 0 fully saturated rings. The van der Waals surface area contributed by atoms with Gasteiger partial charge in [-0.1, -0.05) is 123 Å². The number of benzene rings is 7. The fraction of sp³-hybridized carbons (Fsp3) is 0.185. The van der Waals surface area contributed by atoms with Gasteiger partial charge in [0.05, 0.1) is 33.7 Å². The van der Waals surface area contributed by atoms with Crippen molar-refractivity contribution in [2.75, 3.05) is 0 Å². The molecule has 1 aliphatic rings. The van der Waals surface area contributed by atoms with Gasteiger partial charge < -0.3 is 9.30 Å². The lowest BCUT2D eigenvalue weighted by molar-refractivity contribution is 0.483. The summed E-state index contributed by atoms with van der Waals surface area (Å²) in [5.74, 6) is 2.30. The molecule has 0 spiro atoms. The SMILES string of the molecule is CC(C)(C)c1cc([N+]2=C=[N+](c3cccc(Oc4ccc5c6cc(-n7c8ccccc8c8ccccc87)ccc6n(-c6cc(C(C)(C)C)ccn6)c5c4)c3)c3cccc(-c4cccnc4)c32)cc(C(C)(C)C)c1. The first-order chi connectivity index (χ1) is 34.6. The first-order valence-corrected chi connectivity index (χ1v) is 25.0. The maximum atomic E-state index is 6.92. The summed E-state index contributed by atoms with van der Waals surface area (Å²) in [5, 5.41) is 4.73. The van der Waals surface area contributed by atoms with Gasteiger partial charge >= 0.3 is 11.7 Å². The summed E-state index contributed by atoms with van der Waals surface area (Å²) in [5.41, 5.74) is 15.3. The van der Waals surface area contributed by atoms with E-state index in [2.05, 4.69) is 249 Å². The van der Waals surface area contributed by atoms with Crippen LogP contribution in [0.1, 0.15) is 79.0 Å². The quantitative estimate of drug-likeness (QED) is 0.150. The zero-order valence-corrected chi connectivity index (χ0v) is 42.5. The molecule has 7 nitrogen and oxygen atoms in total. The van der Waals surface area contributed by atoms with Gasteiger partial charge in [-0.2, -0.15) is 0 Å². The third-order valence-electron chi connectivity index (χ3n) is 14.3. The minimum absolute atomic E-state index is 0.0620. The molecule has 0 radical (unpaired) electrons. The molecule has 0 aliphatic carbocycles. The fourth-order valence-corrected chi connectivity index (χ4v) is 10.4. The van der Waals surface area contributed by atoms with E-state index in [9.17, 15) is 0 Å². The number of aromatic nitrogens is 4. The zero-order valence-electron chi connectivity index (χ0n) is 42.5. The minimum atomic E-state index is -0.0622. The van der Waals surface area contributed by atoms with Gasteiger partial charge in [0.15, 0.2) is 0 Å². The standard InChI is InChI=1S/C65H58N6O/c1-63(2,3)43-30-32-67-61(36-43)71-58-29-26-47(70-56-23-12-10-20-52(56)53-21-11-13-24-57(53)70)38-55(58)54-28-27-50(39-60(54)71)72-49-19-14-18-46(37-49)68-41-69(48-34-44(64(4,5)6)33-45(35-48)65(7,8)9)62-51(22-15-25-59(62)68)42-17-16-31-66-40-42/h10-40H,1-9H3/q+2. The fourth-order valence-electron chi connectivity index (χ4n) is 10.4. The minimum Gasteiger partial charge on any atom is -0.457 e. The van der Waals surface area contributed by atoms with Gasteiger partial charge in [0, 0.05) is 81.7 Å². The average molecular weight is 939 g/mol. The Morgan fingerprint density at radius 3 is 1.82 bits per heavy atom. The van der Waals surface area contributed by atoms with Crippen LogP contribution in [-0.2, 0) is 16.2 Å². The molecule has 72 heavy (non-hydrogen) atoms. The van der Waals surface area contributed by atoms with Gasteiger partial charge in [0.1, 0.15) is 17.3 Å². The van der Waals surface area contributed by atoms with E-state index in [4.69, 9.17) is 9.72 Å². The van der Waals surface area contributed by atoms with Crippen molar-refractivity contribution in [3.8, 4) is 34.1 Å². The number of fused-ring (bicyclic) bond motifs is 7. The Morgan fingerprint density at radius 1 is 0.458 bits per heavy atom. The molecule has 0 atom stereocenters. The van der Waals surface area contributed by atoms with Crippen LogP contribution in [0, 0.1) is 0 Å². The molecule has 7 heteroatoms. The average Bonchev–Trinajstić information content (AvgIpc) is 4.04. The van der Waals surface area contributed by atoms with Gasteiger partial charge in [-0.05, 0) is 115 Å². The Hall–Kier alpha value is -8.38. The predicted octanol–water partition coefficient (Wildman–Crippen LogP) is 16.9. The number of ether oxygens (including phenoxy) is 1. The summed E-state index contributed by atoms with van der Waals surface area (Å²) in [6.45, 7) is 20.4. The van der Waals surface area contributed by atoms with Crippen molar-refractivity contribution < 1.29 is 4.74 Å². The van der Waals surface area contributed by atoms with Gasteiger partial charge in [-0.3, -0.25) is 9.55 Å². The first-order valence-electron chi connectivity index (χ1n) is 25.0. The van der Waals surface area contributed by atoms with Gasteiger partial charge in [-0.25, -0.2) is 4.98 Å². The molecule has 1 aliphatic heterocycles. The highest BCUT2D eigenvalue weighted by atomic mass is 16.5. The van der Waals surface area contributed by atoms with Crippen molar-refractivity contribution in [1.29, 1.82) is 0 Å². The van der Waals surface area contributed by atoms with E-state index in [1.54, 1.807) is 0 Å². The predicted molar refractivity (Wildman–Crippen MR) is 300 cm³/mol. The molecule has 12 rings (SSSR count). The van der Waals surface area contributed by atoms with Crippen LogP contribution in [-0.4, -0.2) is 25.1 Å². The molecule has 11 aromatic rings. The van der Waals surface area contributed by atoms with Crippen molar-refractivity contribution in [2.24, 2.45) is 0 Å². The topological polar surface area (TPSA) is 50.9 Å². The van der Waals surface area contributed by atoms with E-state index in [0.29, 0.717) is 5.75 Å². The molecule has 0 amide bonds. The third kappa shape index (κ3) is 7.69. The molecule has 5 heterocycles. The molecule has 0 unspecified atom stereocenters. The Bertz CT molecular complexity index is 3970. The van der Waals surface area contributed by atoms with Crippen LogP contribution in [0.5, 0.6) is 11.5 Å². The molecule has 4 aromatic heterocycles. The van der Waals surface area contributed by atoms with E-state index in [-0.39, 0.29) is 16.2 Å². The van der Waals surface area contributed by atoms with Crippen LogP contribution in [0.2, 0.25) is 0 Å². The third-order valence-corrected chi connectivity index (χ3v) is 14.3. The van der Waals surface area contributed by atoms with E-state index in [1.165, 1.54) is 38.5 Å². The summed E-state index contributed by atoms with van der Waals surface area (Å²) >= 11 is 0. The second-order valence-electron chi connectivity index (χ2n) is 22.3. The zero-order chi connectivity index (χ0) is 49.7. The van der Waals surface area contributed by atoms with E-state index in [0.717, 1.165) is 72.9 Å². The Balaban J connectivity index is 1.00. The largest absolute Gasteiger partial charge is 0.503 e. The first kappa shape index (κ1) is 44.8. The molecule has 0 bridgehead atoms. The van der Waals surface area contributed by atoms with Crippen LogP contribution in [0.3, 0.4) is 0 Å². The lowest BCUT2D eigenvalue weighted by Gasteiger charge is -2.24. The van der Waals surface area contributed by atoms with Crippen molar-refractivity contribution in [2.45, 2.75) is 78.6 Å². The summed E-state index contributed by atoms with van der Waals surface area (Å²) in [6.07, 6.45) is 5.70. The maximum absolute atomic E-state index is 6.92. The number of hydrogen-bond acceptors (Lipinski definition) is 3. The number of rotatable bonds is 7. The summed E-state index contributed by atoms with van der Waals surface area (Å²) in [6, 6.07) is 64.7. The second-order valence-corrected chi connectivity index (χ2v) is 22.3. The van der Waals surface area contributed by atoms with E-state index < -0.39 is 0 Å². The summed E-state index contributed by atoms with van der Waals surface area (Å²) in [4.78, 5) is 9.55. The number of pyridine rings is 2. The van der Waals surface area contributed by atoms with Crippen LogP contribution in [0.4, 0.5) is 22.7 Å². The maximum Gasteiger partial charge on any atom is 0.503 e. The summed E-state index contributed by atoms with van der Waals surface area (Å²) in [7, 11) is 0. The molecule has 7 aromatic carbocycles. The molecule has 0 saturated heterocycles. The van der Waals surface area contributed by atoms with Gasteiger partial charge in [0.2, 0.25) is 11.4 Å². The number of para-hydroxylation sites is 3. The van der Waals surface area contributed by atoms with Gasteiger partial charge in [0.25, 0.3) is 5.69 Å². The van der Waals surface area contributed by atoms with E-state index >= 15 is 0 Å². The van der Waals surface area contributed by atoms with Crippen LogP contribution in [0.15, 0.2) is 188 Å². The second kappa shape index (κ2) is 16.6. The molecule has 0 N–H and O–H groups in total. The smallest absolute Gasteiger partial charge is 0.457 e. The van der Waals surface area contributed by atoms with Crippen molar-refractivity contribution in [1.82, 2.24) is 28.3 Å². The van der Waals surface area contributed by atoms with Crippen LogP contribution in [0.25, 0.3) is 66.2 Å². The number of nitrogens with zero attached hydrogens (tertiary/aromatic N) is 6. The van der Waals surface area contributed by atoms with Crippen molar-refractivity contribution in [3.63, 3.8) is 0 Å². The lowest BCUT2D eigenvalue weighted by Crippen LogP contribution is -2.17. The molecule has 352 valence electrons. The lowest BCUT2D eigenvalue weighted by atomic mass is 9.80. The van der Waals surface area contributed by atoms with Crippen molar-refractivity contribution in [3.05, 3.63) is 205 Å². The highest BCUT2D eigenvalue weighted by molar-refractivity contribution is 6.12. The molecule has 0 saturated carbocycles. The monoisotopic (exact) mass is 938 g/mol. The molecular weight excluding hydrogens is 881 g/mol. The highest BCUT2D eigenvalue weighted by Crippen LogP contribution is 2.45. The molecular formula is C65H58N6O+2. The van der Waals surface area contributed by atoms with Crippen LogP contribution < -0.4 is 13.9 Å². The Labute approximate surface area is 421 Å². The Morgan fingerprint density at radius 2 is 1.12 bits per heavy atom. The number of hydrogen-bond donors (Lipinski definition) is 0. The van der Waals surface area contributed by atoms with Crippen molar-refractivity contribution >= 4 is 72.4 Å². The normalized spacial score (nSPS) is 13.0. The van der Waals surface area contributed by atoms with Gasteiger partial charge in [-0.15, -0.1) is 0 Å². The Kier molecular flexibility index (Phi) is 10.3. The van der Waals surface area contributed by atoms with Crippen LogP contribution >= 0.6 is 0 Å². The summed E-state index contributed by atoms with van der Waals surface area (Å²) < 4.78 is 16.0. The highest BCUT2D eigenvalue weighted by Gasteiger charge is 2.40.